The Hall–Kier alpha value is -0.643. The number of allylic oxidation sites excluding steroid dienone is 3. The summed E-state index contributed by atoms with van der Waals surface area (Å²) in [5.41, 5.74) is 1.41. The highest BCUT2D eigenvalue weighted by molar-refractivity contribution is 6.74. The normalized spacial score (nSPS) is 15.2. The molecule has 0 aliphatic heterocycles. The lowest BCUT2D eigenvalue weighted by Gasteiger charge is -2.36. The highest BCUT2D eigenvalue weighted by Gasteiger charge is 2.37. The highest BCUT2D eigenvalue weighted by atomic mass is 28.4. The predicted octanol–water partition coefficient (Wildman–Crippen LogP) is 6.91. The molecule has 0 heterocycles. The van der Waals surface area contributed by atoms with Crippen LogP contribution in [-0.2, 0) is 9.16 Å². The number of hydrogen-bond acceptors (Lipinski definition) is 2. The number of hydrogen-bond donors (Lipinski definition) is 0. The summed E-state index contributed by atoms with van der Waals surface area (Å²) >= 11 is 0. The monoisotopic (exact) mass is 366 g/mol. The van der Waals surface area contributed by atoms with Gasteiger partial charge in [0.15, 0.2) is 8.32 Å². The van der Waals surface area contributed by atoms with Crippen LogP contribution in [0.15, 0.2) is 36.5 Å². The molecule has 0 amide bonds. The molecule has 0 saturated heterocycles. The Morgan fingerprint density at radius 3 is 2.32 bits per heavy atom. The lowest BCUT2D eigenvalue weighted by molar-refractivity contribution is 0.0637. The summed E-state index contributed by atoms with van der Waals surface area (Å²) in [6.45, 7) is 23.0. The lowest BCUT2D eigenvalue weighted by atomic mass is 10.0. The van der Waals surface area contributed by atoms with Gasteiger partial charge in [0.25, 0.3) is 0 Å². The van der Waals surface area contributed by atoms with Crippen molar-refractivity contribution >= 4 is 8.32 Å². The maximum atomic E-state index is 6.22. The van der Waals surface area contributed by atoms with Crippen LogP contribution in [0.5, 0.6) is 0 Å². The highest BCUT2D eigenvalue weighted by Crippen LogP contribution is 2.36. The van der Waals surface area contributed by atoms with Gasteiger partial charge in [-0.25, -0.2) is 0 Å². The van der Waals surface area contributed by atoms with E-state index in [9.17, 15) is 0 Å². The average Bonchev–Trinajstić information content (AvgIpc) is 2.48. The van der Waals surface area contributed by atoms with Crippen molar-refractivity contribution in [3.05, 3.63) is 36.5 Å². The van der Waals surface area contributed by atoms with E-state index in [1.165, 1.54) is 18.4 Å². The van der Waals surface area contributed by atoms with Gasteiger partial charge in [0, 0.05) is 0 Å². The van der Waals surface area contributed by atoms with Crippen LogP contribution < -0.4 is 0 Å². The Labute approximate surface area is 158 Å². The van der Waals surface area contributed by atoms with Crippen molar-refractivity contribution in [1.82, 2.24) is 0 Å². The van der Waals surface area contributed by atoms with E-state index in [0.717, 1.165) is 6.42 Å². The molecule has 25 heavy (non-hydrogen) atoms. The van der Waals surface area contributed by atoms with Crippen molar-refractivity contribution in [2.75, 3.05) is 13.2 Å². The smallest absolute Gasteiger partial charge is 0.192 e. The molecule has 3 heteroatoms. The molecule has 2 nitrogen and oxygen atoms in total. The number of ether oxygens (including phenoxy) is 1. The maximum Gasteiger partial charge on any atom is 0.192 e. The molecule has 0 aliphatic carbocycles. The van der Waals surface area contributed by atoms with Crippen molar-refractivity contribution in [1.29, 1.82) is 0 Å². The van der Waals surface area contributed by atoms with E-state index in [-0.39, 0.29) is 11.1 Å². The molecule has 0 fully saturated rings. The second kappa shape index (κ2) is 11.9. The van der Waals surface area contributed by atoms with Crippen LogP contribution in [0.1, 0.15) is 60.8 Å². The zero-order valence-electron chi connectivity index (χ0n) is 18.0. The molecular weight excluding hydrogens is 324 g/mol. The average molecular weight is 367 g/mol. The van der Waals surface area contributed by atoms with E-state index in [4.69, 9.17) is 9.16 Å². The predicted molar refractivity (Wildman–Crippen MR) is 115 cm³/mol. The van der Waals surface area contributed by atoms with Crippen molar-refractivity contribution in [2.45, 2.75) is 85.0 Å². The quantitative estimate of drug-likeness (QED) is 0.276. The van der Waals surface area contributed by atoms with Crippen LogP contribution >= 0.6 is 0 Å². The van der Waals surface area contributed by atoms with Gasteiger partial charge in [0.2, 0.25) is 0 Å². The summed E-state index contributed by atoms with van der Waals surface area (Å²) in [5, 5.41) is 0.222. The Kier molecular flexibility index (Phi) is 11.6. The van der Waals surface area contributed by atoms with Gasteiger partial charge in [0.05, 0.1) is 19.3 Å². The first-order valence-electron chi connectivity index (χ1n) is 9.66. The molecule has 2 atom stereocenters. The Morgan fingerprint density at radius 2 is 1.80 bits per heavy atom. The third-order valence-corrected chi connectivity index (χ3v) is 9.50. The van der Waals surface area contributed by atoms with E-state index < -0.39 is 8.32 Å². The van der Waals surface area contributed by atoms with Crippen LogP contribution in [0.4, 0.5) is 0 Å². The lowest BCUT2D eigenvalue weighted by Crippen LogP contribution is -2.42. The standard InChI is InChI=1S/C22H42O2Si/c1-10-21(18-24-25(8,9)22(5,6)7)23-17-12-11-15-20(4)16-13-14-19(2)3/h10-12,14,20-21H,1,13,15-18H2,2-9H3/b12-11+/t20-,21-/m1/s1. The minimum Gasteiger partial charge on any atom is -0.414 e. The van der Waals surface area contributed by atoms with E-state index in [1.807, 2.05) is 6.08 Å². The van der Waals surface area contributed by atoms with Gasteiger partial charge in [-0.15, -0.1) is 6.58 Å². The summed E-state index contributed by atoms with van der Waals surface area (Å²) in [5.74, 6) is 0.712. The molecular formula is C22H42O2Si. The first-order chi connectivity index (χ1) is 11.5. The van der Waals surface area contributed by atoms with Crippen LogP contribution in [0.25, 0.3) is 0 Å². The summed E-state index contributed by atoms with van der Waals surface area (Å²) < 4.78 is 12.1. The Balaban J connectivity index is 4.08. The fraction of sp³-hybridized carbons (Fsp3) is 0.727. The number of rotatable bonds is 12. The largest absolute Gasteiger partial charge is 0.414 e. The Morgan fingerprint density at radius 1 is 1.16 bits per heavy atom. The van der Waals surface area contributed by atoms with Crippen molar-refractivity contribution in [2.24, 2.45) is 5.92 Å². The van der Waals surface area contributed by atoms with Crippen LogP contribution in [0.3, 0.4) is 0 Å². The molecule has 0 bridgehead atoms. The van der Waals surface area contributed by atoms with Gasteiger partial charge in [-0.05, 0) is 57.2 Å². The zero-order chi connectivity index (χ0) is 19.5. The van der Waals surface area contributed by atoms with Crippen LogP contribution in [0.2, 0.25) is 18.1 Å². The van der Waals surface area contributed by atoms with Gasteiger partial charge in [0.1, 0.15) is 0 Å². The SMILES string of the molecule is C=C[C@H](CO[Si](C)(C)C(C)(C)C)OC/C=C/C[C@@H](C)CCC=C(C)C. The topological polar surface area (TPSA) is 18.5 Å². The minimum atomic E-state index is -1.72. The molecule has 0 aromatic rings. The van der Waals surface area contributed by atoms with Gasteiger partial charge < -0.3 is 9.16 Å². The second-order valence-electron chi connectivity index (χ2n) is 8.85. The van der Waals surface area contributed by atoms with E-state index in [0.29, 0.717) is 19.1 Å². The third-order valence-electron chi connectivity index (χ3n) is 5.00. The molecule has 0 N–H and O–H groups in total. The fourth-order valence-corrected chi connectivity index (χ4v) is 3.06. The van der Waals surface area contributed by atoms with Crippen LogP contribution in [-0.4, -0.2) is 27.6 Å². The fourth-order valence-electron chi connectivity index (χ4n) is 2.04. The molecule has 0 aromatic heterocycles. The van der Waals surface area contributed by atoms with E-state index in [2.05, 4.69) is 79.4 Å². The Bertz CT molecular complexity index is 426. The molecule has 0 aliphatic rings. The van der Waals surface area contributed by atoms with E-state index >= 15 is 0 Å². The second-order valence-corrected chi connectivity index (χ2v) is 13.7. The maximum absolute atomic E-state index is 6.22. The summed E-state index contributed by atoms with van der Waals surface area (Å²) in [7, 11) is -1.72. The molecule has 146 valence electrons. The van der Waals surface area contributed by atoms with Crippen molar-refractivity contribution in [3.8, 4) is 0 Å². The molecule has 0 radical (unpaired) electrons. The molecule has 0 spiro atoms. The molecule has 0 saturated carbocycles. The minimum absolute atomic E-state index is 0.0335. The third kappa shape index (κ3) is 11.6. The van der Waals surface area contributed by atoms with Crippen LogP contribution in [0, 0.1) is 5.92 Å². The summed E-state index contributed by atoms with van der Waals surface area (Å²) in [6, 6.07) is 0. The van der Waals surface area contributed by atoms with Gasteiger partial charge in [-0.1, -0.05) is 57.6 Å². The molecule has 0 unspecified atom stereocenters. The first-order valence-corrected chi connectivity index (χ1v) is 12.6. The van der Waals surface area contributed by atoms with Gasteiger partial charge in [-0.2, -0.15) is 0 Å². The first kappa shape index (κ1) is 24.4. The van der Waals surface area contributed by atoms with Gasteiger partial charge in [-0.3, -0.25) is 0 Å². The van der Waals surface area contributed by atoms with Crippen molar-refractivity contribution < 1.29 is 9.16 Å². The summed E-state index contributed by atoms with van der Waals surface area (Å²) in [6.07, 6.45) is 12.0. The molecule has 0 aromatic carbocycles. The van der Waals surface area contributed by atoms with Gasteiger partial charge >= 0.3 is 0 Å². The summed E-state index contributed by atoms with van der Waals surface area (Å²) in [4.78, 5) is 0. The van der Waals surface area contributed by atoms with E-state index in [1.54, 1.807) is 0 Å². The van der Waals surface area contributed by atoms with Crippen molar-refractivity contribution in [3.63, 3.8) is 0 Å². The molecule has 0 rings (SSSR count). The zero-order valence-corrected chi connectivity index (χ0v) is 19.0.